The van der Waals surface area contributed by atoms with Gasteiger partial charge in [0.2, 0.25) is 0 Å². The predicted molar refractivity (Wildman–Crippen MR) is 95.7 cm³/mol. The van der Waals surface area contributed by atoms with Crippen molar-refractivity contribution in [2.75, 3.05) is 45.0 Å². The van der Waals surface area contributed by atoms with E-state index >= 15 is 0 Å². The number of likely N-dealkylation sites (N-methyl/N-ethyl adjacent to an activating group) is 1. The Balaban J connectivity index is 2.07. The van der Waals surface area contributed by atoms with Gasteiger partial charge in [-0.25, -0.2) is 8.42 Å². The van der Waals surface area contributed by atoms with E-state index in [0.717, 1.165) is 25.6 Å². The van der Waals surface area contributed by atoms with E-state index in [9.17, 15) is 8.42 Å². The van der Waals surface area contributed by atoms with Crippen LogP contribution >= 0.6 is 0 Å². The van der Waals surface area contributed by atoms with E-state index in [1.165, 1.54) is 19.4 Å². The van der Waals surface area contributed by atoms with Crippen molar-refractivity contribution >= 4 is 15.8 Å². The van der Waals surface area contributed by atoms with Gasteiger partial charge in [0.25, 0.3) is 0 Å². The van der Waals surface area contributed by atoms with Crippen LogP contribution in [0.25, 0.3) is 0 Å². The first-order chi connectivity index (χ1) is 10.8. The molecule has 1 N–H and O–H groups in total. The minimum absolute atomic E-state index is 0.203. The van der Waals surface area contributed by atoms with E-state index in [2.05, 4.69) is 29.0 Å². The number of aliphatic imine (C=N–C) groups is 1. The first kappa shape index (κ1) is 18.5. The Morgan fingerprint density at radius 1 is 1.30 bits per heavy atom. The topological polar surface area (TPSA) is 65.0 Å². The smallest absolute Gasteiger partial charge is 0.194 e. The molecule has 2 rings (SSSR count). The Bertz CT molecular complexity index is 530. The SMILES string of the molecule is CCNC(=NCC1CCCN1CC)N1CCS(=O)(=O)C(C)(C)C1. The van der Waals surface area contributed by atoms with Gasteiger partial charge >= 0.3 is 0 Å². The highest BCUT2D eigenvalue weighted by atomic mass is 32.2. The molecule has 1 atom stereocenters. The summed E-state index contributed by atoms with van der Waals surface area (Å²) in [7, 11) is -3.02. The quantitative estimate of drug-likeness (QED) is 0.607. The summed E-state index contributed by atoms with van der Waals surface area (Å²) in [6, 6.07) is 0.523. The second kappa shape index (κ2) is 7.38. The van der Waals surface area contributed by atoms with E-state index in [4.69, 9.17) is 4.99 Å². The molecule has 6 nitrogen and oxygen atoms in total. The van der Waals surface area contributed by atoms with Gasteiger partial charge in [-0.15, -0.1) is 0 Å². The maximum absolute atomic E-state index is 12.2. The third-order valence-corrected chi connectivity index (χ3v) is 7.57. The van der Waals surface area contributed by atoms with Gasteiger partial charge in [-0.05, 0) is 46.7 Å². The van der Waals surface area contributed by atoms with Crippen molar-refractivity contribution in [3.63, 3.8) is 0 Å². The fraction of sp³-hybridized carbons (Fsp3) is 0.938. The summed E-state index contributed by atoms with van der Waals surface area (Å²) in [5, 5.41) is 3.34. The summed E-state index contributed by atoms with van der Waals surface area (Å²) in [6.07, 6.45) is 2.45. The van der Waals surface area contributed by atoms with Crippen molar-refractivity contribution in [1.82, 2.24) is 15.1 Å². The molecule has 2 fully saturated rings. The van der Waals surface area contributed by atoms with Crippen LogP contribution in [-0.4, -0.2) is 80.0 Å². The van der Waals surface area contributed by atoms with Crippen LogP contribution in [0.2, 0.25) is 0 Å². The normalized spacial score (nSPS) is 28.1. The molecule has 0 saturated carbocycles. The van der Waals surface area contributed by atoms with Crippen LogP contribution in [0, 0.1) is 0 Å². The summed E-state index contributed by atoms with van der Waals surface area (Å²) >= 11 is 0. The first-order valence-electron chi connectivity index (χ1n) is 8.80. The molecule has 7 heteroatoms. The summed E-state index contributed by atoms with van der Waals surface area (Å²) in [5.74, 6) is 1.06. The number of nitrogens with one attached hydrogen (secondary N) is 1. The maximum atomic E-state index is 12.2. The molecular weight excluding hydrogens is 312 g/mol. The molecule has 0 spiro atoms. The largest absolute Gasteiger partial charge is 0.357 e. The lowest BCUT2D eigenvalue weighted by atomic mass is 10.2. The van der Waals surface area contributed by atoms with Gasteiger partial charge in [0.05, 0.1) is 17.0 Å². The zero-order chi connectivity index (χ0) is 17.1. The zero-order valence-electron chi connectivity index (χ0n) is 15.0. The minimum Gasteiger partial charge on any atom is -0.357 e. The molecule has 2 aliphatic rings. The number of hydrogen-bond acceptors (Lipinski definition) is 4. The number of rotatable bonds is 4. The highest BCUT2D eigenvalue weighted by molar-refractivity contribution is 7.92. The van der Waals surface area contributed by atoms with Crippen molar-refractivity contribution in [2.24, 2.45) is 4.99 Å². The Hall–Kier alpha value is -0.820. The molecule has 2 aliphatic heterocycles. The van der Waals surface area contributed by atoms with Crippen molar-refractivity contribution in [3.8, 4) is 0 Å². The predicted octanol–water partition coefficient (Wildman–Crippen LogP) is 0.945. The number of likely N-dealkylation sites (tertiary alicyclic amines) is 1. The van der Waals surface area contributed by atoms with E-state index < -0.39 is 14.6 Å². The summed E-state index contributed by atoms with van der Waals surface area (Å²) in [5.41, 5.74) is 0. The van der Waals surface area contributed by atoms with E-state index in [1.807, 2.05) is 13.8 Å². The Morgan fingerprint density at radius 3 is 2.65 bits per heavy atom. The molecule has 2 heterocycles. The second-order valence-corrected chi connectivity index (χ2v) is 9.86. The Morgan fingerprint density at radius 2 is 2.04 bits per heavy atom. The van der Waals surface area contributed by atoms with Crippen molar-refractivity contribution in [1.29, 1.82) is 0 Å². The van der Waals surface area contributed by atoms with Crippen LogP contribution in [-0.2, 0) is 9.84 Å². The third kappa shape index (κ3) is 4.18. The Kier molecular flexibility index (Phi) is 5.94. The number of guanidine groups is 1. The molecule has 0 bridgehead atoms. The summed E-state index contributed by atoms with van der Waals surface area (Å²) in [4.78, 5) is 9.42. The van der Waals surface area contributed by atoms with Gasteiger partial charge in [0.15, 0.2) is 15.8 Å². The summed E-state index contributed by atoms with van der Waals surface area (Å²) in [6.45, 7) is 12.7. The van der Waals surface area contributed by atoms with Crippen LogP contribution in [0.1, 0.15) is 40.5 Å². The lowest BCUT2D eigenvalue weighted by molar-refractivity contribution is 0.271. The monoisotopic (exact) mass is 344 g/mol. The molecule has 1 unspecified atom stereocenters. The standard InChI is InChI=1S/C16H32N4O2S/c1-5-17-15(18-12-14-8-7-9-19(14)6-2)20-10-11-23(21,22)16(3,4)13-20/h14H,5-13H2,1-4H3,(H,17,18). The van der Waals surface area contributed by atoms with E-state index in [0.29, 0.717) is 19.1 Å². The second-order valence-electron chi connectivity index (χ2n) is 7.12. The number of hydrogen-bond donors (Lipinski definition) is 1. The van der Waals surface area contributed by atoms with Gasteiger partial charge in [-0.1, -0.05) is 6.92 Å². The highest BCUT2D eigenvalue weighted by Crippen LogP contribution is 2.24. The Labute approximate surface area is 141 Å². The molecule has 0 aromatic rings. The summed E-state index contributed by atoms with van der Waals surface area (Å²) < 4.78 is 23.7. The van der Waals surface area contributed by atoms with Gasteiger partial charge in [0.1, 0.15) is 0 Å². The molecule has 134 valence electrons. The fourth-order valence-electron chi connectivity index (χ4n) is 3.46. The minimum atomic E-state index is -3.02. The number of sulfone groups is 1. The molecule has 2 saturated heterocycles. The van der Waals surface area contributed by atoms with Crippen molar-refractivity contribution < 1.29 is 8.42 Å². The fourth-order valence-corrected chi connectivity index (χ4v) is 4.83. The molecule has 0 aliphatic carbocycles. The molecule has 0 aromatic heterocycles. The average Bonchev–Trinajstić information content (AvgIpc) is 2.94. The molecule has 0 amide bonds. The van der Waals surface area contributed by atoms with Crippen molar-refractivity contribution in [2.45, 2.75) is 51.3 Å². The van der Waals surface area contributed by atoms with Crippen LogP contribution in [0.4, 0.5) is 0 Å². The van der Waals surface area contributed by atoms with Gasteiger partial charge < -0.3 is 10.2 Å². The molecule has 23 heavy (non-hydrogen) atoms. The van der Waals surface area contributed by atoms with Gasteiger partial charge in [0, 0.05) is 25.7 Å². The van der Waals surface area contributed by atoms with Crippen LogP contribution in [0.3, 0.4) is 0 Å². The van der Waals surface area contributed by atoms with Crippen LogP contribution in [0.15, 0.2) is 4.99 Å². The van der Waals surface area contributed by atoms with Crippen molar-refractivity contribution in [3.05, 3.63) is 0 Å². The van der Waals surface area contributed by atoms with Crippen LogP contribution in [0.5, 0.6) is 0 Å². The van der Waals surface area contributed by atoms with Gasteiger partial charge in [-0.2, -0.15) is 0 Å². The lowest BCUT2D eigenvalue weighted by Gasteiger charge is -2.39. The number of nitrogens with zero attached hydrogens (tertiary/aromatic N) is 3. The average molecular weight is 345 g/mol. The molecule has 0 aromatic carbocycles. The highest BCUT2D eigenvalue weighted by Gasteiger charge is 2.41. The molecule has 0 radical (unpaired) electrons. The van der Waals surface area contributed by atoms with E-state index in [1.54, 1.807) is 0 Å². The first-order valence-corrected chi connectivity index (χ1v) is 10.5. The third-order valence-electron chi connectivity index (χ3n) is 5.03. The molecular formula is C16H32N4O2S. The maximum Gasteiger partial charge on any atom is 0.194 e. The zero-order valence-corrected chi connectivity index (χ0v) is 15.8. The van der Waals surface area contributed by atoms with Gasteiger partial charge in [-0.3, -0.25) is 9.89 Å². The van der Waals surface area contributed by atoms with E-state index in [-0.39, 0.29) is 5.75 Å². The van der Waals surface area contributed by atoms with Crippen LogP contribution < -0.4 is 5.32 Å². The lowest BCUT2D eigenvalue weighted by Crippen LogP contribution is -2.57.